The fourth-order valence-corrected chi connectivity index (χ4v) is 2.57. The van der Waals surface area contributed by atoms with Gasteiger partial charge in [-0.25, -0.2) is 8.78 Å². The van der Waals surface area contributed by atoms with Crippen LogP contribution in [-0.2, 0) is 4.79 Å². The minimum absolute atomic E-state index is 0.218. The second kappa shape index (κ2) is 5.07. The van der Waals surface area contributed by atoms with Crippen molar-refractivity contribution in [2.75, 3.05) is 5.32 Å². The summed E-state index contributed by atoms with van der Waals surface area (Å²) in [5.41, 5.74) is 4.15. The van der Waals surface area contributed by atoms with Crippen LogP contribution in [0.5, 0.6) is 0 Å². The Morgan fingerprint density at radius 3 is 2.70 bits per heavy atom. The van der Waals surface area contributed by atoms with E-state index in [9.17, 15) is 13.6 Å². The van der Waals surface area contributed by atoms with E-state index < -0.39 is 23.0 Å². The number of carbonyl (C=O) groups excluding carboxylic acids is 1. The number of rotatable bonds is 3. The van der Waals surface area contributed by atoms with Gasteiger partial charge in [0.25, 0.3) is 0 Å². The Morgan fingerprint density at radius 2 is 2.15 bits per heavy atom. The summed E-state index contributed by atoms with van der Waals surface area (Å²) in [6, 6.07) is 2.76. The third kappa shape index (κ3) is 2.31. The lowest BCUT2D eigenvalue weighted by Crippen LogP contribution is -2.54. The Bertz CT molecular complexity index is 569. The van der Waals surface area contributed by atoms with E-state index in [0.29, 0.717) is 12.8 Å². The predicted octanol–water partition coefficient (Wildman–Crippen LogP) is 2.07. The zero-order valence-electron chi connectivity index (χ0n) is 10.9. The van der Waals surface area contributed by atoms with E-state index in [0.717, 1.165) is 18.2 Å². The summed E-state index contributed by atoms with van der Waals surface area (Å²) >= 11 is 0. The van der Waals surface area contributed by atoms with E-state index in [-0.39, 0.29) is 17.4 Å². The van der Waals surface area contributed by atoms with Gasteiger partial charge in [-0.05, 0) is 30.9 Å². The lowest BCUT2D eigenvalue weighted by atomic mass is 9.61. The molecular weight excluding hydrogens is 268 g/mol. The van der Waals surface area contributed by atoms with Crippen LogP contribution < -0.4 is 11.1 Å². The van der Waals surface area contributed by atoms with Gasteiger partial charge in [0.2, 0.25) is 5.91 Å². The predicted molar refractivity (Wildman–Crippen MR) is 69.2 cm³/mol. The smallest absolute Gasteiger partial charge is 0.238 e. The number of anilines is 1. The molecule has 20 heavy (non-hydrogen) atoms. The van der Waals surface area contributed by atoms with Crippen molar-refractivity contribution in [3.8, 4) is 0 Å². The second-order valence-electron chi connectivity index (χ2n) is 5.16. The average Bonchev–Trinajstić information content (AvgIpc) is 2.38. The van der Waals surface area contributed by atoms with Crippen molar-refractivity contribution < 1.29 is 18.8 Å². The first kappa shape index (κ1) is 14.2. The number of nitrogens with zero attached hydrogens (tertiary/aromatic N) is 1. The number of halogens is 2. The summed E-state index contributed by atoms with van der Waals surface area (Å²) in [5.74, 6) is -2.00. The largest absolute Gasteiger partial charge is 0.409 e. The molecule has 2 rings (SSSR count). The van der Waals surface area contributed by atoms with E-state index in [4.69, 9.17) is 10.9 Å². The van der Waals surface area contributed by atoms with E-state index in [1.165, 1.54) is 0 Å². The molecule has 1 aliphatic rings. The second-order valence-corrected chi connectivity index (χ2v) is 5.16. The van der Waals surface area contributed by atoms with Crippen molar-refractivity contribution in [1.29, 1.82) is 0 Å². The Kier molecular flexibility index (Phi) is 3.61. The lowest BCUT2D eigenvalue weighted by molar-refractivity contribution is -0.127. The Hall–Kier alpha value is -2.18. The molecule has 108 valence electrons. The molecule has 0 unspecified atom stereocenters. The van der Waals surface area contributed by atoms with Crippen LogP contribution in [0.3, 0.4) is 0 Å². The molecule has 0 radical (unpaired) electrons. The molecule has 4 N–H and O–H groups in total. The van der Waals surface area contributed by atoms with Crippen LogP contribution in [0.25, 0.3) is 0 Å². The zero-order valence-corrected chi connectivity index (χ0v) is 10.9. The molecule has 0 spiro atoms. The van der Waals surface area contributed by atoms with E-state index in [1.807, 2.05) is 6.92 Å². The van der Waals surface area contributed by atoms with Crippen molar-refractivity contribution in [3.63, 3.8) is 0 Å². The monoisotopic (exact) mass is 283 g/mol. The van der Waals surface area contributed by atoms with Gasteiger partial charge >= 0.3 is 0 Å². The number of nitrogens with one attached hydrogen (secondary N) is 1. The highest BCUT2D eigenvalue weighted by molar-refractivity contribution is 6.12. The van der Waals surface area contributed by atoms with Crippen LogP contribution in [0.15, 0.2) is 23.4 Å². The quantitative estimate of drug-likeness (QED) is 0.343. The van der Waals surface area contributed by atoms with Crippen LogP contribution in [-0.4, -0.2) is 17.0 Å². The fourth-order valence-electron chi connectivity index (χ4n) is 2.57. The third-order valence-corrected chi connectivity index (χ3v) is 3.60. The van der Waals surface area contributed by atoms with Gasteiger partial charge in [-0.3, -0.25) is 4.79 Å². The van der Waals surface area contributed by atoms with Gasteiger partial charge in [0.1, 0.15) is 17.0 Å². The van der Waals surface area contributed by atoms with Gasteiger partial charge in [0, 0.05) is 6.07 Å². The van der Waals surface area contributed by atoms with E-state index >= 15 is 0 Å². The number of hydrogen-bond acceptors (Lipinski definition) is 3. The first-order valence-electron chi connectivity index (χ1n) is 6.13. The summed E-state index contributed by atoms with van der Waals surface area (Å²) in [4.78, 5) is 12.3. The van der Waals surface area contributed by atoms with Gasteiger partial charge < -0.3 is 16.3 Å². The van der Waals surface area contributed by atoms with Crippen LogP contribution in [0.4, 0.5) is 14.5 Å². The molecule has 0 bridgehead atoms. The van der Waals surface area contributed by atoms with Crippen molar-refractivity contribution in [2.45, 2.75) is 19.8 Å². The van der Waals surface area contributed by atoms with Crippen molar-refractivity contribution in [1.82, 2.24) is 0 Å². The highest BCUT2D eigenvalue weighted by atomic mass is 19.1. The van der Waals surface area contributed by atoms with Crippen LogP contribution in [0.2, 0.25) is 0 Å². The first-order chi connectivity index (χ1) is 9.39. The highest BCUT2D eigenvalue weighted by Crippen LogP contribution is 2.46. The Balaban J connectivity index is 2.24. The zero-order chi connectivity index (χ0) is 14.9. The first-order valence-corrected chi connectivity index (χ1v) is 6.13. The van der Waals surface area contributed by atoms with E-state index in [2.05, 4.69) is 10.5 Å². The van der Waals surface area contributed by atoms with Crippen LogP contribution >= 0.6 is 0 Å². The summed E-state index contributed by atoms with van der Waals surface area (Å²) in [7, 11) is 0. The van der Waals surface area contributed by atoms with Gasteiger partial charge in [0.05, 0.1) is 5.69 Å². The molecule has 1 fully saturated rings. The Morgan fingerprint density at radius 1 is 1.50 bits per heavy atom. The number of amides is 1. The number of oxime groups is 1. The summed E-state index contributed by atoms with van der Waals surface area (Å²) in [5, 5.41) is 14.0. The molecule has 5 nitrogen and oxygen atoms in total. The summed E-state index contributed by atoms with van der Waals surface area (Å²) in [6.07, 6.45) is 0.789. The van der Waals surface area contributed by atoms with Gasteiger partial charge in [-0.2, -0.15) is 0 Å². The molecule has 7 heteroatoms. The van der Waals surface area contributed by atoms with Gasteiger partial charge in [-0.15, -0.1) is 0 Å². The molecule has 0 aliphatic heterocycles. The maximum absolute atomic E-state index is 13.5. The molecule has 0 saturated heterocycles. The normalized spacial score (nSPS) is 25.9. The molecule has 1 aromatic carbocycles. The van der Waals surface area contributed by atoms with Crippen LogP contribution in [0, 0.1) is 23.0 Å². The SMILES string of the molecule is CC1CC(C(=O)Nc2cc(F)ccc2F)(/C(N)=N/O)C1. The Labute approximate surface area is 114 Å². The summed E-state index contributed by atoms with van der Waals surface area (Å²) in [6.45, 7) is 1.92. The molecule has 0 heterocycles. The summed E-state index contributed by atoms with van der Waals surface area (Å²) < 4.78 is 26.6. The fraction of sp³-hybridized carbons (Fsp3) is 0.385. The van der Waals surface area contributed by atoms with Crippen molar-refractivity contribution >= 4 is 17.4 Å². The maximum Gasteiger partial charge on any atom is 0.238 e. The molecule has 0 atom stereocenters. The maximum atomic E-state index is 13.5. The number of nitrogens with two attached hydrogens (primary N) is 1. The number of carbonyl (C=O) groups is 1. The molecule has 1 aromatic rings. The highest BCUT2D eigenvalue weighted by Gasteiger charge is 2.52. The molecular formula is C13H15F2N3O2. The number of benzene rings is 1. The average molecular weight is 283 g/mol. The standard InChI is InChI=1S/C13H15F2N3O2/c1-7-5-13(6-7,11(16)18-20)12(19)17-10-4-8(14)2-3-9(10)15/h2-4,7,20H,5-6H2,1H3,(H2,16,18)(H,17,19). The minimum atomic E-state index is -1.16. The topological polar surface area (TPSA) is 87.7 Å². The number of amidine groups is 1. The molecule has 1 amide bonds. The van der Waals surface area contributed by atoms with Crippen LogP contribution in [0.1, 0.15) is 19.8 Å². The molecule has 0 aromatic heterocycles. The molecule has 1 aliphatic carbocycles. The van der Waals surface area contributed by atoms with E-state index in [1.54, 1.807) is 0 Å². The number of hydrogen-bond donors (Lipinski definition) is 3. The van der Waals surface area contributed by atoms with Crippen molar-refractivity contribution in [2.24, 2.45) is 22.2 Å². The third-order valence-electron chi connectivity index (χ3n) is 3.60. The lowest BCUT2D eigenvalue weighted by Gasteiger charge is -2.43. The van der Waals surface area contributed by atoms with Gasteiger partial charge in [-0.1, -0.05) is 12.1 Å². The minimum Gasteiger partial charge on any atom is -0.409 e. The molecule has 1 saturated carbocycles. The van der Waals surface area contributed by atoms with Crippen molar-refractivity contribution in [3.05, 3.63) is 29.8 Å². The van der Waals surface area contributed by atoms with Gasteiger partial charge in [0.15, 0.2) is 5.84 Å².